The molecule has 1 aromatic heterocycles. The lowest BCUT2D eigenvalue weighted by molar-refractivity contribution is 0.159. The molecule has 0 amide bonds. The zero-order valence-electron chi connectivity index (χ0n) is 15.7. The highest BCUT2D eigenvalue weighted by atomic mass is 19.1. The summed E-state index contributed by atoms with van der Waals surface area (Å²) in [5.41, 5.74) is 6.17. The molecule has 3 rings (SSSR count). The van der Waals surface area contributed by atoms with E-state index in [0.29, 0.717) is 18.5 Å². The molecule has 2 aliphatic rings. The SMILES string of the molecule is CC1=C(c2cnc(C)c(F)c2)N(C(C)C)NC1(C)N[C@H]1CC[C@@H](F)C1. The predicted octanol–water partition coefficient (Wildman–Crippen LogP) is 3.69. The number of nitrogens with zero attached hydrogens (tertiary/aromatic N) is 2. The molecule has 25 heavy (non-hydrogen) atoms. The van der Waals surface area contributed by atoms with Gasteiger partial charge in [-0.3, -0.25) is 10.3 Å². The number of hydrogen-bond donors (Lipinski definition) is 2. The van der Waals surface area contributed by atoms with E-state index in [1.807, 2.05) is 6.92 Å². The standard InChI is InChI=1S/C19H28F2N4/c1-11(2)25-18(14-8-17(21)13(4)22-10-14)12(3)19(5,24-25)23-16-7-6-15(20)9-16/h8,10-11,15-16,23-24H,6-7,9H2,1-5H3/t15-,16+,19?/m1/s1. The molecule has 4 nitrogen and oxygen atoms in total. The Hall–Kier alpha value is -1.53. The van der Waals surface area contributed by atoms with Crippen LogP contribution >= 0.6 is 0 Å². The number of hydrogen-bond acceptors (Lipinski definition) is 4. The summed E-state index contributed by atoms with van der Waals surface area (Å²) in [5, 5.41) is 5.63. The molecule has 0 bridgehead atoms. The number of pyridine rings is 1. The minimum atomic E-state index is -0.720. The Labute approximate surface area is 148 Å². The largest absolute Gasteiger partial charge is 0.303 e. The predicted molar refractivity (Wildman–Crippen MR) is 95.7 cm³/mol. The highest BCUT2D eigenvalue weighted by Crippen LogP contribution is 2.37. The van der Waals surface area contributed by atoms with Crippen LogP contribution in [-0.4, -0.2) is 33.9 Å². The Kier molecular flexibility index (Phi) is 4.86. The van der Waals surface area contributed by atoms with Crippen LogP contribution in [-0.2, 0) is 0 Å². The van der Waals surface area contributed by atoms with E-state index in [-0.39, 0.29) is 17.9 Å². The first kappa shape index (κ1) is 18.3. The Morgan fingerprint density at radius 3 is 2.64 bits per heavy atom. The molecule has 2 heterocycles. The number of alkyl halides is 1. The number of aryl methyl sites for hydroxylation is 1. The van der Waals surface area contributed by atoms with Crippen LogP contribution in [0.1, 0.15) is 58.2 Å². The van der Waals surface area contributed by atoms with Gasteiger partial charge in [-0.1, -0.05) is 0 Å². The summed E-state index contributed by atoms with van der Waals surface area (Å²) in [6, 6.07) is 1.86. The van der Waals surface area contributed by atoms with Crippen molar-refractivity contribution >= 4 is 5.70 Å². The normalized spacial score (nSPS) is 30.0. The van der Waals surface area contributed by atoms with Crippen molar-refractivity contribution in [3.8, 4) is 0 Å². The summed E-state index contributed by atoms with van der Waals surface area (Å²) in [4.78, 5) is 4.18. The highest BCUT2D eigenvalue weighted by molar-refractivity contribution is 5.70. The monoisotopic (exact) mass is 350 g/mol. The quantitative estimate of drug-likeness (QED) is 0.869. The second kappa shape index (κ2) is 6.65. The Morgan fingerprint density at radius 2 is 2.08 bits per heavy atom. The smallest absolute Gasteiger partial charge is 0.145 e. The molecule has 1 aromatic rings. The Bertz CT molecular complexity index is 688. The summed E-state index contributed by atoms with van der Waals surface area (Å²) >= 11 is 0. The van der Waals surface area contributed by atoms with Crippen LogP contribution in [0, 0.1) is 12.7 Å². The topological polar surface area (TPSA) is 40.2 Å². The molecule has 1 saturated carbocycles. The van der Waals surface area contributed by atoms with Gasteiger partial charge < -0.3 is 5.01 Å². The molecule has 0 spiro atoms. The molecule has 1 aliphatic carbocycles. The van der Waals surface area contributed by atoms with Crippen molar-refractivity contribution in [3.05, 3.63) is 34.9 Å². The van der Waals surface area contributed by atoms with E-state index in [1.165, 1.54) is 6.07 Å². The molecule has 3 atom stereocenters. The van der Waals surface area contributed by atoms with Crippen molar-refractivity contribution in [1.29, 1.82) is 0 Å². The van der Waals surface area contributed by atoms with Gasteiger partial charge in [0, 0.05) is 23.8 Å². The first-order valence-corrected chi connectivity index (χ1v) is 9.04. The minimum Gasteiger partial charge on any atom is -0.303 e. The van der Waals surface area contributed by atoms with Gasteiger partial charge in [0.2, 0.25) is 0 Å². The summed E-state index contributed by atoms with van der Waals surface area (Å²) < 4.78 is 27.6. The molecule has 6 heteroatoms. The number of hydrazine groups is 1. The minimum absolute atomic E-state index is 0.142. The summed E-state index contributed by atoms with van der Waals surface area (Å²) in [6.07, 6.45) is 2.99. The van der Waals surface area contributed by atoms with Crippen LogP contribution in [0.2, 0.25) is 0 Å². The summed E-state index contributed by atoms with van der Waals surface area (Å²) in [6.45, 7) is 9.92. The molecule has 1 aliphatic heterocycles. The molecule has 0 aromatic carbocycles. The van der Waals surface area contributed by atoms with Crippen molar-refractivity contribution < 1.29 is 8.78 Å². The average molecular weight is 350 g/mol. The number of aromatic nitrogens is 1. The van der Waals surface area contributed by atoms with Crippen molar-refractivity contribution in [2.75, 3.05) is 0 Å². The molecule has 1 fully saturated rings. The van der Waals surface area contributed by atoms with Gasteiger partial charge in [0.15, 0.2) is 0 Å². The van der Waals surface area contributed by atoms with Gasteiger partial charge in [-0.15, -0.1) is 0 Å². The van der Waals surface area contributed by atoms with E-state index in [9.17, 15) is 8.78 Å². The van der Waals surface area contributed by atoms with Gasteiger partial charge in [-0.05, 0) is 65.5 Å². The van der Waals surface area contributed by atoms with Crippen LogP contribution in [0.5, 0.6) is 0 Å². The van der Waals surface area contributed by atoms with Crippen LogP contribution in [0.15, 0.2) is 17.8 Å². The van der Waals surface area contributed by atoms with E-state index in [0.717, 1.165) is 23.3 Å². The highest BCUT2D eigenvalue weighted by Gasteiger charge is 2.42. The van der Waals surface area contributed by atoms with Crippen LogP contribution in [0.4, 0.5) is 8.78 Å². The average Bonchev–Trinajstić information content (AvgIpc) is 3.05. The maximum Gasteiger partial charge on any atom is 0.145 e. The van der Waals surface area contributed by atoms with E-state index >= 15 is 0 Å². The van der Waals surface area contributed by atoms with Gasteiger partial charge in [0.1, 0.15) is 17.7 Å². The van der Waals surface area contributed by atoms with Crippen molar-refractivity contribution in [3.63, 3.8) is 0 Å². The van der Waals surface area contributed by atoms with Crippen LogP contribution in [0.25, 0.3) is 5.70 Å². The third-order valence-corrected chi connectivity index (χ3v) is 5.37. The van der Waals surface area contributed by atoms with Gasteiger partial charge in [0.25, 0.3) is 0 Å². The maximum absolute atomic E-state index is 14.1. The first-order valence-electron chi connectivity index (χ1n) is 9.04. The first-order chi connectivity index (χ1) is 11.7. The van der Waals surface area contributed by atoms with Crippen LogP contribution in [0.3, 0.4) is 0 Å². The molecular formula is C19H28F2N4. The third-order valence-electron chi connectivity index (χ3n) is 5.37. The van der Waals surface area contributed by atoms with Crippen molar-refractivity contribution in [2.45, 2.75) is 77.8 Å². The second-order valence-electron chi connectivity index (χ2n) is 7.72. The van der Waals surface area contributed by atoms with Crippen LogP contribution < -0.4 is 10.7 Å². The molecular weight excluding hydrogens is 322 g/mol. The third kappa shape index (κ3) is 3.42. The van der Waals surface area contributed by atoms with Crippen molar-refractivity contribution in [2.24, 2.45) is 0 Å². The lowest BCUT2D eigenvalue weighted by atomic mass is 9.98. The second-order valence-corrected chi connectivity index (χ2v) is 7.72. The zero-order valence-corrected chi connectivity index (χ0v) is 15.7. The van der Waals surface area contributed by atoms with Gasteiger partial charge in [-0.25, -0.2) is 14.2 Å². The molecule has 0 saturated heterocycles. The van der Waals surface area contributed by atoms with Gasteiger partial charge in [0.05, 0.1) is 11.4 Å². The number of rotatable bonds is 4. The van der Waals surface area contributed by atoms with Gasteiger partial charge in [-0.2, -0.15) is 0 Å². The van der Waals surface area contributed by atoms with E-state index < -0.39 is 11.8 Å². The lowest BCUT2D eigenvalue weighted by Gasteiger charge is -2.35. The lowest BCUT2D eigenvalue weighted by Crippen LogP contribution is -2.59. The fourth-order valence-electron chi connectivity index (χ4n) is 3.78. The zero-order chi connectivity index (χ0) is 18.4. The van der Waals surface area contributed by atoms with Crippen molar-refractivity contribution in [1.82, 2.24) is 20.7 Å². The van der Waals surface area contributed by atoms with E-state index in [4.69, 9.17) is 0 Å². The van der Waals surface area contributed by atoms with Gasteiger partial charge >= 0.3 is 0 Å². The molecule has 1 unspecified atom stereocenters. The fraction of sp³-hybridized carbons (Fsp3) is 0.632. The van der Waals surface area contributed by atoms with E-state index in [1.54, 1.807) is 13.1 Å². The Balaban J connectivity index is 1.96. The molecule has 138 valence electrons. The summed E-state index contributed by atoms with van der Waals surface area (Å²) in [5.74, 6) is -0.306. The summed E-state index contributed by atoms with van der Waals surface area (Å²) in [7, 11) is 0. The molecule has 2 N–H and O–H groups in total. The fourth-order valence-corrected chi connectivity index (χ4v) is 3.78. The number of nitrogens with one attached hydrogen (secondary N) is 2. The maximum atomic E-state index is 14.1. The molecule has 0 radical (unpaired) electrons. The van der Waals surface area contributed by atoms with E-state index in [2.05, 4.69) is 41.5 Å². The number of halogens is 2. The Morgan fingerprint density at radius 1 is 1.36 bits per heavy atom.